The third kappa shape index (κ3) is 6.57. The third-order valence-electron chi connectivity index (χ3n) is 3.42. The van der Waals surface area contributed by atoms with Crippen molar-refractivity contribution in [1.29, 1.82) is 0 Å². The van der Waals surface area contributed by atoms with Crippen LogP contribution >= 0.6 is 11.8 Å². The van der Waals surface area contributed by atoms with Crippen molar-refractivity contribution in [2.75, 3.05) is 11.5 Å². The Morgan fingerprint density at radius 3 is 2.50 bits per heavy atom. The summed E-state index contributed by atoms with van der Waals surface area (Å²) < 4.78 is 0. The van der Waals surface area contributed by atoms with Crippen LogP contribution in [0.4, 0.5) is 0 Å². The Hall–Kier alpha value is 0.0200. The van der Waals surface area contributed by atoms with Crippen LogP contribution in [0, 0.1) is 5.92 Å². The monoisotopic (exact) mass is 242 g/mol. The Balaban J connectivity index is 1.97. The number of ketones is 1. The standard InChI is InChI=1S/C14H26OS/c1-2-3-4-5-6-7-14(15)12-13-8-10-16-11-9-13/h13H,2-12H2,1H3. The van der Waals surface area contributed by atoms with Gasteiger partial charge in [-0.1, -0.05) is 32.6 Å². The van der Waals surface area contributed by atoms with Gasteiger partial charge in [-0.2, -0.15) is 11.8 Å². The average molecular weight is 242 g/mol. The van der Waals surface area contributed by atoms with Gasteiger partial charge in [-0.3, -0.25) is 4.79 Å². The molecule has 0 aromatic heterocycles. The van der Waals surface area contributed by atoms with Crippen LogP contribution in [0.15, 0.2) is 0 Å². The summed E-state index contributed by atoms with van der Waals surface area (Å²) in [6, 6.07) is 0. The largest absolute Gasteiger partial charge is 0.300 e. The zero-order valence-corrected chi connectivity index (χ0v) is 11.5. The molecule has 0 atom stereocenters. The molecule has 1 nitrogen and oxygen atoms in total. The summed E-state index contributed by atoms with van der Waals surface area (Å²) in [5, 5.41) is 0. The molecule has 1 fully saturated rings. The molecule has 2 heteroatoms. The number of hydrogen-bond donors (Lipinski definition) is 0. The highest BCUT2D eigenvalue weighted by Gasteiger charge is 2.16. The Labute approximate surface area is 105 Å². The molecule has 16 heavy (non-hydrogen) atoms. The Morgan fingerprint density at radius 2 is 1.81 bits per heavy atom. The van der Waals surface area contributed by atoms with Gasteiger partial charge in [-0.25, -0.2) is 0 Å². The molecule has 0 spiro atoms. The van der Waals surface area contributed by atoms with Gasteiger partial charge in [0.05, 0.1) is 0 Å². The molecule has 0 radical (unpaired) electrons. The van der Waals surface area contributed by atoms with Crippen LogP contribution in [0.2, 0.25) is 0 Å². The van der Waals surface area contributed by atoms with Crippen LogP contribution in [-0.4, -0.2) is 17.3 Å². The molecule has 0 aromatic carbocycles. The lowest BCUT2D eigenvalue weighted by molar-refractivity contribution is -0.120. The molecule has 1 rings (SSSR count). The summed E-state index contributed by atoms with van der Waals surface area (Å²) in [6.07, 6.45) is 10.5. The van der Waals surface area contributed by atoms with Crippen molar-refractivity contribution < 1.29 is 4.79 Å². The van der Waals surface area contributed by atoms with Crippen molar-refractivity contribution in [3.05, 3.63) is 0 Å². The van der Waals surface area contributed by atoms with Gasteiger partial charge in [0.25, 0.3) is 0 Å². The van der Waals surface area contributed by atoms with Crippen molar-refractivity contribution >= 4 is 17.5 Å². The number of Topliss-reactive ketones (excluding diaryl/α,β-unsaturated/α-hetero) is 1. The normalized spacial score (nSPS) is 17.6. The minimum Gasteiger partial charge on any atom is -0.300 e. The summed E-state index contributed by atoms with van der Waals surface area (Å²) in [5.41, 5.74) is 0. The summed E-state index contributed by atoms with van der Waals surface area (Å²) in [7, 11) is 0. The van der Waals surface area contributed by atoms with Gasteiger partial charge < -0.3 is 0 Å². The Kier molecular flexibility index (Phi) is 8.00. The molecule has 1 saturated heterocycles. The molecule has 0 aliphatic carbocycles. The third-order valence-corrected chi connectivity index (χ3v) is 4.47. The fourth-order valence-electron chi connectivity index (χ4n) is 2.30. The highest BCUT2D eigenvalue weighted by molar-refractivity contribution is 7.99. The highest BCUT2D eigenvalue weighted by Crippen LogP contribution is 2.26. The van der Waals surface area contributed by atoms with Crippen LogP contribution in [-0.2, 0) is 4.79 Å². The van der Waals surface area contributed by atoms with Crippen LogP contribution in [0.1, 0.15) is 64.7 Å². The average Bonchev–Trinajstić information content (AvgIpc) is 2.30. The maximum absolute atomic E-state index is 11.7. The second-order valence-corrected chi connectivity index (χ2v) is 6.19. The molecular weight excluding hydrogens is 216 g/mol. The van der Waals surface area contributed by atoms with E-state index in [4.69, 9.17) is 0 Å². The van der Waals surface area contributed by atoms with Crippen molar-refractivity contribution in [2.45, 2.75) is 64.7 Å². The van der Waals surface area contributed by atoms with Gasteiger partial charge in [0, 0.05) is 12.8 Å². The number of thioether (sulfide) groups is 1. The second-order valence-electron chi connectivity index (χ2n) is 4.96. The molecule has 0 N–H and O–H groups in total. The fourth-order valence-corrected chi connectivity index (χ4v) is 3.50. The number of carbonyl (C=O) groups is 1. The predicted octanol–water partition coefficient (Wildman–Crippen LogP) is 4.45. The minimum atomic E-state index is 0.522. The van der Waals surface area contributed by atoms with E-state index in [-0.39, 0.29) is 0 Å². The number of unbranched alkanes of at least 4 members (excludes halogenated alkanes) is 4. The van der Waals surface area contributed by atoms with Crippen molar-refractivity contribution in [3.8, 4) is 0 Å². The predicted molar refractivity (Wildman–Crippen MR) is 73.0 cm³/mol. The molecule has 1 aliphatic heterocycles. The van der Waals surface area contributed by atoms with E-state index in [1.54, 1.807) is 0 Å². The lowest BCUT2D eigenvalue weighted by atomic mass is 9.94. The number of carbonyl (C=O) groups excluding carboxylic acids is 1. The molecule has 0 aromatic rings. The second kappa shape index (κ2) is 9.09. The zero-order chi connectivity index (χ0) is 11.6. The molecule has 0 amide bonds. The quantitative estimate of drug-likeness (QED) is 0.585. The molecule has 0 unspecified atom stereocenters. The summed E-state index contributed by atoms with van der Waals surface area (Å²) in [6.45, 7) is 2.23. The van der Waals surface area contributed by atoms with Crippen LogP contribution < -0.4 is 0 Å². The van der Waals surface area contributed by atoms with Gasteiger partial charge in [-0.05, 0) is 36.7 Å². The van der Waals surface area contributed by atoms with Gasteiger partial charge in [-0.15, -0.1) is 0 Å². The van der Waals surface area contributed by atoms with Crippen molar-refractivity contribution in [3.63, 3.8) is 0 Å². The van der Waals surface area contributed by atoms with Crippen LogP contribution in [0.5, 0.6) is 0 Å². The molecule has 1 aliphatic rings. The molecule has 0 bridgehead atoms. The van der Waals surface area contributed by atoms with E-state index >= 15 is 0 Å². The maximum Gasteiger partial charge on any atom is 0.133 e. The first-order valence-corrected chi connectivity index (χ1v) is 8.08. The van der Waals surface area contributed by atoms with Crippen molar-refractivity contribution in [2.24, 2.45) is 5.92 Å². The zero-order valence-electron chi connectivity index (χ0n) is 10.7. The lowest BCUT2D eigenvalue weighted by Crippen LogP contribution is -2.14. The van der Waals surface area contributed by atoms with E-state index in [0.29, 0.717) is 11.7 Å². The maximum atomic E-state index is 11.7. The summed E-state index contributed by atoms with van der Waals surface area (Å²) in [4.78, 5) is 11.7. The number of hydrogen-bond acceptors (Lipinski definition) is 2. The Bertz CT molecular complexity index is 185. The molecular formula is C14H26OS. The van der Waals surface area contributed by atoms with Crippen LogP contribution in [0.3, 0.4) is 0 Å². The fraction of sp³-hybridized carbons (Fsp3) is 0.929. The van der Waals surface area contributed by atoms with Gasteiger partial charge in [0.2, 0.25) is 0 Å². The summed E-state index contributed by atoms with van der Waals surface area (Å²) in [5.74, 6) is 3.78. The molecule has 0 saturated carbocycles. The minimum absolute atomic E-state index is 0.522. The van der Waals surface area contributed by atoms with E-state index in [9.17, 15) is 4.79 Å². The first kappa shape index (κ1) is 14.1. The van der Waals surface area contributed by atoms with E-state index in [2.05, 4.69) is 6.92 Å². The van der Waals surface area contributed by atoms with E-state index in [0.717, 1.165) is 19.3 Å². The summed E-state index contributed by atoms with van der Waals surface area (Å²) >= 11 is 2.04. The smallest absolute Gasteiger partial charge is 0.133 e. The first-order valence-electron chi connectivity index (χ1n) is 6.92. The lowest BCUT2D eigenvalue weighted by Gasteiger charge is -2.20. The van der Waals surface area contributed by atoms with Gasteiger partial charge >= 0.3 is 0 Å². The van der Waals surface area contributed by atoms with Gasteiger partial charge in [0.1, 0.15) is 5.78 Å². The topological polar surface area (TPSA) is 17.1 Å². The first-order chi connectivity index (χ1) is 7.83. The van der Waals surface area contributed by atoms with Crippen molar-refractivity contribution in [1.82, 2.24) is 0 Å². The Morgan fingerprint density at radius 1 is 1.12 bits per heavy atom. The van der Waals surface area contributed by atoms with Gasteiger partial charge in [0.15, 0.2) is 0 Å². The number of rotatable bonds is 8. The van der Waals surface area contributed by atoms with Crippen LogP contribution in [0.25, 0.3) is 0 Å². The van der Waals surface area contributed by atoms with E-state index in [1.807, 2.05) is 11.8 Å². The highest BCUT2D eigenvalue weighted by atomic mass is 32.2. The van der Waals surface area contributed by atoms with E-state index < -0.39 is 0 Å². The SMILES string of the molecule is CCCCCCCC(=O)CC1CCSCC1. The van der Waals surface area contributed by atoms with E-state index in [1.165, 1.54) is 50.0 Å². The molecule has 1 heterocycles. The molecule has 94 valence electrons.